The van der Waals surface area contributed by atoms with Crippen LogP contribution in [0.4, 0.5) is 0 Å². The lowest BCUT2D eigenvalue weighted by atomic mass is 9.85. The van der Waals surface area contributed by atoms with Gasteiger partial charge in [-0.25, -0.2) is 0 Å². The van der Waals surface area contributed by atoms with E-state index in [0.717, 1.165) is 11.8 Å². The molecule has 0 aromatic rings. The van der Waals surface area contributed by atoms with Gasteiger partial charge in [-0.3, -0.25) is 0 Å². The minimum Gasteiger partial charge on any atom is -0.0654 e. The molecule has 0 aliphatic heterocycles. The van der Waals surface area contributed by atoms with E-state index in [9.17, 15) is 0 Å². The minimum atomic E-state index is 0.976. The van der Waals surface area contributed by atoms with Crippen LogP contribution < -0.4 is 0 Å². The molecule has 1 saturated carbocycles. The van der Waals surface area contributed by atoms with E-state index in [4.69, 9.17) is 0 Å². The molecule has 1 aliphatic rings. The first-order chi connectivity index (χ1) is 6.83. The van der Waals surface area contributed by atoms with Crippen molar-refractivity contribution in [3.05, 3.63) is 0 Å². The topological polar surface area (TPSA) is 0 Å². The predicted octanol–water partition coefficient (Wildman–Crippen LogP) is 5.17. The molecule has 0 amide bonds. The van der Waals surface area contributed by atoms with Crippen LogP contribution in [0.15, 0.2) is 0 Å². The van der Waals surface area contributed by atoms with E-state index >= 15 is 0 Å². The monoisotopic (exact) mass is 196 g/mol. The molecule has 1 aliphatic carbocycles. The Morgan fingerprint density at radius 2 is 1.79 bits per heavy atom. The molecule has 1 fully saturated rings. The summed E-state index contributed by atoms with van der Waals surface area (Å²) in [6.45, 7) is 4.72. The van der Waals surface area contributed by atoms with Crippen molar-refractivity contribution in [3.8, 4) is 0 Å². The van der Waals surface area contributed by atoms with Crippen LogP contribution in [0.3, 0.4) is 0 Å². The fraction of sp³-hybridized carbons (Fsp3) is 1.00. The molecule has 0 aromatic heterocycles. The second-order valence-electron chi connectivity index (χ2n) is 5.33. The average molecular weight is 196 g/mol. The van der Waals surface area contributed by atoms with Crippen molar-refractivity contribution in [2.45, 2.75) is 78.1 Å². The van der Waals surface area contributed by atoms with Crippen LogP contribution in [0.25, 0.3) is 0 Å². The van der Waals surface area contributed by atoms with Gasteiger partial charge in [0.05, 0.1) is 0 Å². The first kappa shape index (κ1) is 12.1. The Kier molecular flexibility index (Phi) is 6.31. The molecule has 0 spiro atoms. The zero-order valence-corrected chi connectivity index (χ0v) is 10.2. The van der Waals surface area contributed by atoms with Crippen molar-refractivity contribution in [1.82, 2.24) is 0 Å². The summed E-state index contributed by atoms with van der Waals surface area (Å²) >= 11 is 0. The summed E-state index contributed by atoms with van der Waals surface area (Å²) < 4.78 is 0. The van der Waals surface area contributed by atoms with E-state index in [-0.39, 0.29) is 0 Å². The smallest absolute Gasteiger partial charge is 0.0414 e. The van der Waals surface area contributed by atoms with Crippen molar-refractivity contribution in [3.63, 3.8) is 0 Å². The molecule has 0 radical (unpaired) electrons. The normalized spacial score (nSPS) is 21.0. The van der Waals surface area contributed by atoms with Gasteiger partial charge in [-0.1, -0.05) is 78.1 Å². The van der Waals surface area contributed by atoms with Crippen LogP contribution in [0.5, 0.6) is 0 Å². The van der Waals surface area contributed by atoms with Crippen LogP contribution >= 0.6 is 0 Å². The molecule has 0 N–H and O–H groups in total. The molecular formula is C14H28. The van der Waals surface area contributed by atoms with Crippen molar-refractivity contribution in [2.24, 2.45) is 11.8 Å². The zero-order chi connectivity index (χ0) is 10.2. The summed E-state index contributed by atoms with van der Waals surface area (Å²) in [6.07, 6.45) is 14.9. The van der Waals surface area contributed by atoms with Crippen LogP contribution in [0.1, 0.15) is 78.1 Å². The first-order valence-electron chi connectivity index (χ1n) is 6.83. The lowest BCUT2D eigenvalue weighted by Gasteiger charge is -2.21. The zero-order valence-electron chi connectivity index (χ0n) is 10.2. The van der Waals surface area contributed by atoms with Crippen LogP contribution in [-0.4, -0.2) is 0 Å². The largest absolute Gasteiger partial charge is 0.0654 e. The first-order valence-corrected chi connectivity index (χ1v) is 6.83. The van der Waals surface area contributed by atoms with Gasteiger partial charge in [0.2, 0.25) is 0 Å². The summed E-state index contributed by atoms with van der Waals surface area (Å²) in [6, 6.07) is 0. The van der Waals surface area contributed by atoms with E-state index < -0.39 is 0 Å². The van der Waals surface area contributed by atoms with Gasteiger partial charge in [0.15, 0.2) is 0 Å². The van der Waals surface area contributed by atoms with Gasteiger partial charge in [-0.2, -0.15) is 0 Å². The number of rotatable bonds is 6. The van der Waals surface area contributed by atoms with Crippen molar-refractivity contribution in [2.75, 3.05) is 0 Å². The highest BCUT2D eigenvalue weighted by Gasteiger charge is 2.13. The molecule has 0 nitrogen and oxygen atoms in total. The summed E-state index contributed by atoms with van der Waals surface area (Å²) in [5, 5.41) is 0. The van der Waals surface area contributed by atoms with E-state index in [2.05, 4.69) is 13.8 Å². The SMILES string of the molecule is CCC[C@H](C)CCCC1CCCCC1. The standard InChI is InChI=1S/C14H28/c1-3-8-13(2)9-7-12-14-10-5-4-6-11-14/h13-14H,3-12H2,1-2H3/t13-/m0/s1. The van der Waals surface area contributed by atoms with Gasteiger partial charge in [-0.15, -0.1) is 0 Å². The average Bonchev–Trinajstić information content (AvgIpc) is 2.20. The third-order valence-electron chi connectivity index (χ3n) is 3.82. The van der Waals surface area contributed by atoms with Crippen LogP contribution in [-0.2, 0) is 0 Å². The van der Waals surface area contributed by atoms with Gasteiger partial charge in [-0.05, 0) is 11.8 Å². The van der Waals surface area contributed by atoms with E-state index in [1.807, 2.05) is 0 Å². The summed E-state index contributed by atoms with van der Waals surface area (Å²) in [5.74, 6) is 2.07. The number of hydrogen-bond acceptors (Lipinski definition) is 0. The minimum absolute atomic E-state index is 0.976. The Bertz CT molecular complexity index is 122. The second-order valence-corrected chi connectivity index (χ2v) is 5.33. The molecule has 14 heavy (non-hydrogen) atoms. The Morgan fingerprint density at radius 1 is 1.07 bits per heavy atom. The van der Waals surface area contributed by atoms with Crippen molar-refractivity contribution in [1.29, 1.82) is 0 Å². The highest BCUT2D eigenvalue weighted by atomic mass is 14.2. The molecule has 0 saturated heterocycles. The van der Waals surface area contributed by atoms with Crippen LogP contribution in [0.2, 0.25) is 0 Å². The second kappa shape index (κ2) is 7.31. The maximum Gasteiger partial charge on any atom is -0.0414 e. The molecule has 0 unspecified atom stereocenters. The Balaban J connectivity index is 1.96. The fourth-order valence-corrected chi connectivity index (χ4v) is 2.87. The van der Waals surface area contributed by atoms with Crippen molar-refractivity contribution >= 4 is 0 Å². The molecular weight excluding hydrogens is 168 g/mol. The summed E-state index contributed by atoms with van der Waals surface area (Å²) in [5.41, 5.74) is 0. The predicted molar refractivity (Wildman–Crippen MR) is 64.5 cm³/mol. The van der Waals surface area contributed by atoms with E-state index in [1.165, 1.54) is 64.2 Å². The Morgan fingerprint density at radius 3 is 2.43 bits per heavy atom. The third kappa shape index (κ3) is 5.02. The quantitative estimate of drug-likeness (QED) is 0.549. The van der Waals surface area contributed by atoms with Gasteiger partial charge in [0.25, 0.3) is 0 Å². The van der Waals surface area contributed by atoms with E-state index in [1.54, 1.807) is 0 Å². The van der Waals surface area contributed by atoms with Gasteiger partial charge >= 0.3 is 0 Å². The van der Waals surface area contributed by atoms with Gasteiger partial charge in [0.1, 0.15) is 0 Å². The maximum atomic E-state index is 2.42. The lowest BCUT2D eigenvalue weighted by Crippen LogP contribution is -2.06. The summed E-state index contributed by atoms with van der Waals surface area (Å²) in [7, 11) is 0. The van der Waals surface area contributed by atoms with Crippen LogP contribution in [0, 0.1) is 11.8 Å². The fourth-order valence-electron chi connectivity index (χ4n) is 2.87. The molecule has 0 aromatic carbocycles. The third-order valence-corrected chi connectivity index (χ3v) is 3.82. The Hall–Kier alpha value is 0. The highest BCUT2D eigenvalue weighted by molar-refractivity contribution is 4.66. The molecule has 1 atom stereocenters. The number of hydrogen-bond donors (Lipinski definition) is 0. The molecule has 0 heteroatoms. The summed E-state index contributed by atoms with van der Waals surface area (Å²) in [4.78, 5) is 0. The molecule has 1 rings (SSSR count). The lowest BCUT2D eigenvalue weighted by molar-refractivity contribution is 0.318. The Labute approximate surface area is 90.5 Å². The molecule has 0 heterocycles. The van der Waals surface area contributed by atoms with Gasteiger partial charge in [0, 0.05) is 0 Å². The van der Waals surface area contributed by atoms with E-state index in [0.29, 0.717) is 0 Å². The highest BCUT2D eigenvalue weighted by Crippen LogP contribution is 2.28. The molecule has 84 valence electrons. The van der Waals surface area contributed by atoms with Gasteiger partial charge < -0.3 is 0 Å². The molecule has 0 bridgehead atoms. The van der Waals surface area contributed by atoms with Crippen molar-refractivity contribution < 1.29 is 0 Å². The maximum absolute atomic E-state index is 2.42.